The molecule has 0 aromatic carbocycles. The maximum Gasteiger partial charge on any atom is 0.481 e. The lowest BCUT2D eigenvalue weighted by Crippen LogP contribution is -2.46. The number of nitrogens with zero attached hydrogens (tertiary/aromatic N) is 4. The zero-order valence-electron chi connectivity index (χ0n) is 39.6. The fraction of sp³-hybridized carbons (Fsp3) is 0.707. The van der Waals surface area contributed by atoms with Crippen LogP contribution in [-0.4, -0.2) is 134 Å². The standard InChI is InChI=1S/C41H70N7O18P3S/c1-4-5-6-7-8-9-10-11-12-13-14-15-16-17-18-19-29(49)24-32(51)70-23-22-43-31(50)20-21-44-39(54)36(53)41(2,3)26-63-69(60,61)66-68(58,59)62-25-30-35(65-67(55,56)57)34(52)40(64-30)48-28-47-33-37(42)45-27-46-38(33)48/h8-9,11-12,27-30,34-36,40,49,52-53H,4-7,10,13-26H2,1-3H3,(H,43,50)(H,44,54)(H,58,59)(H,60,61)(H2,42,45,46)(H2,55,56,57)/b9-8+,12-11+. The number of rotatable bonds is 35. The third-order valence-corrected chi connectivity index (χ3v) is 14.7. The fourth-order valence-corrected chi connectivity index (χ4v) is 10.4. The van der Waals surface area contributed by atoms with Gasteiger partial charge in [0, 0.05) is 37.1 Å². The number of anilines is 1. The molecule has 0 radical (unpaired) electrons. The van der Waals surface area contributed by atoms with Gasteiger partial charge in [-0.05, 0) is 38.5 Å². The summed E-state index contributed by atoms with van der Waals surface area (Å²) in [5.41, 5.74) is 4.25. The van der Waals surface area contributed by atoms with Crippen molar-refractivity contribution in [3.8, 4) is 0 Å². The highest BCUT2D eigenvalue weighted by Gasteiger charge is 2.50. The Bertz CT molecular complexity index is 2160. The van der Waals surface area contributed by atoms with E-state index in [0.717, 1.165) is 80.4 Å². The van der Waals surface area contributed by atoms with Crippen LogP contribution in [0.5, 0.6) is 0 Å². The number of carbonyl (C=O) groups is 3. The highest BCUT2D eigenvalue weighted by atomic mass is 32.2. The minimum Gasteiger partial charge on any atom is -0.393 e. The number of hydrogen-bond donors (Lipinski definition) is 10. The molecule has 11 N–H and O–H groups in total. The third kappa shape index (κ3) is 22.8. The van der Waals surface area contributed by atoms with Crippen LogP contribution in [0.15, 0.2) is 37.0 Å². The molecule has 2 aromatic rings. The Hall–Kier alpha value is -3.00. The van der Waals surface area contributed by atoms with Gasteiger partial charge in [-0.25, -0.2) is 28.6 Å². The molecule has 0 spiro atoms. The Morgan fingerprint density at radius 3 is 2.26 bits per heavy atom. The number of aliphatic hydroxyl groups is 3. The number of thioether (sulfide) groups is 1. The van der Waals surface area contributed by atoms with Crippen LogP contribution in [0.4, 0.5) is 5.82 Å². The molecule has 8 unspecified atom stereocenters. The second-order valence-electron chi connectivity index (χ2n) is 17.2. The molecule has 2 amide bonds. The average Bonchev–Trinajstić information content (AvgIpc) is 3.84. The minimum absolute atomic E-state index is 0.0122. The van der Waals surface area contributed by atoms with Crippen molar-refractivity contribution in [2.75, 3.05) is 37.8 Å². The molecule has 25 nitrogen and oxygen atoms in total. The first kappa shape index (κ1) is 61.3. The number of amides is 2. The number of nitrogens with two attached hydrogens (primary N) is 1. The topological polar surface area (TPSA) is 384 Å². The number of nitrogens with one attached hydrogen (secondary N) is 2. The van der Waals surface area contributed by atoms with Crippen molar-refractivity contribution in [2.45, 2.75) is 147 Å². The molecule has 3 heterocycles. The Kier molecular flexibility index (Phi) is 26.5. The number of nitrogen functional groups attached to an aromatic ring is 1. The van der Waals surface area contributed by atoms with Gasteiger partial charge in [0.1, 0.15) is 36.3 Å². The summed E-state index contributed by atoms with van der Waals surface area (Å²) in [4.78, 5) is 88.5. The maximum atomic E-state index is 12.7. The number of carbonyl (C=O) groups excluding carboxylic acids is 3. The Morgan fingerprint density at radius 2 is 1.57 bits per heavy atom. The molecule has 1 aliphatic heterocycles. The molecule has 1 saturated heterocycles. The molecule has 8 atom stereocenters. The number of unbranched alkanes of at least 4 members (excludes halogenated alkanes) is 8. The predicted molar refractivity (Wildman–Crippen MR) is 257 cm³/mol. The Morgan fingerprint density at radius 1 is 0.914 bits per heavy atom. The van der Waals surface area contributed by atoms with Crippen LogP contribution >= 0.6 is 35.2 Å². The predicted octanol–water partition coefficient (Wildman–Crippen LogP) is 4.23. The van der Waals surface area contributed by atoms with E-state index in [9.17, 15) is 63.0 Å². The molecule has 398 valence electrons. The van der Waals surface area contributed by atoms with E-state index in [1.807, 2.05) is 0 Å². The molecule has 29 heteroatoms. The number of allylic oxidation sites excluding steroid dienone is 4. The molecule has 3 rings (SSSR count). The van der Waals surface area contributed by atoms with Crippen LogP contribution < -0.4 is 16.4 Å². The van der Waals surface area contributed by atoms with E-state index in [1.54, 1.807) is 0 Å². The summed E-state index contributed by atoms with van der Waals surface area (Å²) in [5, 5.41) is 36.6. The molecular weight excluding hydrogens is 1000 g/mol. The van der Waals surface area contributed by atoms with E-state index in [2.05, 4.69) is 65.6 Å². The zero-order chi connectivity index (χ0) is 52.0. The number of fused-ring (bicyclic) bond motifs is 1. The van der Waals surface area contributed by atoms with E-state index in [4.69, 9.17) is 19.5 Å². The SMILES string of the molecule is CCCCC/C=C/C/C=C/CCCCCCCC(O)CC(=O)SCCNC(=O)CCNC(=O)C(O)C(C)(C)COP(=O)(O)OP(=O)(O)OCC1OC(n2cnc3c(N)ncnc32)C(O)C1OP(=O)(O)O. The summed E-state index contributed by atoms with van der Waals surface area (Å²) in [6.07, 6.45) is 13.8. The van der Waals surface area contributed by atoms with Gasteiger partial charge in [0.05, 0.1) is 25.6 Å². The van der Waals surface area contributed by atoms with Crippen LogP contribution in [0.25, 0.3) is 11.2 Å². The summed E-state index contributed by atoms with van der Waals surface area (Å²) in [6.45, 7) is 2.59. The summed E-state index contributed by atoms with van der Waals surface area (Å²) >= 11 is 0.992. The van der Waals surface area contributed by atoms with Crippen molar-refractivity contribution in [1.82, 2.24) is 30.2 Å². The number of phosphoric acid groups is 3. The van der Waals surface area contributed by atoms with Gasteiger partial charge in [-0.15, -0.1) is 0 Å². The smallest absolute Gasteiger partial charge is 0.393 e. The Labute approximate surface area is 411 Å². The molecule has 0 bridgehead atoms. The van der Waals surface area contributed by atoms with Gasteiger partial charge in [0.2, 0.25) is 11.8 Å². The lowest BCUT2D eigenvalue weighted by molar-refractivity contribution is -0.137. The van der Waals surface area contributed by atoms with Gasteiger partial charge in [-0.3, -0.25) is 32.5 Å². The van der Waals surface area contributed by atoms with Crippen molar-refractivity contribution >= 4 is 69.1 Å². The van der Waals surface area contributed by atoms with Gasteiger partial charge < -0.3 is 56.0 Å². The third-order valence-electron chi connectivity index (χ3n) is 10.7. The minimum atomic E-state index is -5.59. The van der Waals surface area contributed by atoms with E-state index in [1.165, 1.54) is 33.1 Å². The summed E-state index contributed by atoms with van der Waals surface area (Å²) in [7, 11) is -16.4. The average molecular weight is 1070 g/mol. The quantitative estimate of drug-likeness (QED) is 0.0262. The van der Waals surface area contributed by atoms with Gasteiger partial charge in [-0.1, -0.05) is 95.4 Å². The van der Waals surface area contributed by atoms with E-state index < -0.39 is 90.7 Å². The number of aliphatic hydroxyl groups excluding tert-OH is 3. The molecule has 0 saturated carbocycles. The largest absolute Gasteiger partial charge is 0.481 e. The van der Waals surface area contributed by atoms with Crippen molar-refractivity contribution in [3.63, 3.8) is 0 Å². The number of ether oxygens (including phenoxy) is 1. The molecule has 0 aliphatic carbocycles. The molecule has 1 aliphatic rings. The van der Waals surface area contributed by atoms with Crippen LogP contribution in [0.1, 0.15) is 117 Å². The Balaban J connectivity index is 1.30. The highest BCUT2D eigenvalue weighted by molar-refractivity contribution is 8.13. The fourth-order valence-electron chi connectivity index (χ4n) is 6.84. The van der Waals surface area contributed by atoms with Crippen molar-refractivity contribution in [2.24, 2.45) is 5.41 Å². The number of aromatic nitrogens is 4. The number of phosphoric ester groups is 3. The molecular formula is C41H70N7O18P3S. The monoisotopic (exact) mass is 1070 g/mol. The first-order valence-corrected chi connectivity index (χ1v) is 28.5. The van der Waals surface area contributed by atoms with Crippen LogP contribution in [-0.2, 0) is 50.7 Å². The van der Waals surface area contributed by atoms with Crippen molar-refractivity contribution in [1.29, 1.82) is 0 Å². The summed E-state index contributed by atoms with van der Waals surface area (Å²) < 4.78 is 62.4. The second kappa shape index (κ2) is 30.3. The van der Waals surface area contributed by atoms with Gasteiger partial charge in [0.15, 0.2) is 22.8 Å². The molecule has 2 aromatic heterocycles. The lowest BCUT2D eigenvalue weighted by atomic mass is 9.87. The van der Waals surface area contributed by atoms with E-state index in [-0.39, 0.29) is 53.8 Å². The summed E-state index contributed by atoms with van der Waals surface area (Å²) in [6, 6.07) is 0. The van der Waals surface area contributed by atoms with Crippen molar-refractivity contribution < 1.29 is 85.6 Å². The van der Waals surface area contributed by atoms with Crippen molar-refractivity contribution in [3.05, 3.63) is 37.0 Å². The van der Waals surface area contributed by atoms with E-state index >= 15 is 0 Å². The first-order chi connectivity index (χ1) is 32.9. The number of hydrogen-bond acceptors (Lipinski definition) is 19. The second-order valence-corrected chi connectivity index (χ2v) is 22.6. The highest BCUT2D eigenvalue weighted by Crippen LogP contribution is 2.61. The molecule has 70 heavy (non-hydrogen) atoms. The number of imidazole rings is 1. The lowest BCUT2D eigenvalue weighted by Gasteiger charge is -2.30. The van der Waals surface area contributed by atoms with Crippen LogP contribution in [0, 0.1) is 5.41 Å². The normalized spacial score (nSPS) is 20.4. The summed E-state index contributed by atoms with van der Waals surface area (Å²) in [5.74, 6) is -1.23. The van der Waals surface area contributed by atoms with Gasteiger partial charge >= 0.3 is 23.5 Å². The maximum absolute atomic E-state index is 12.7. The van der Waals surface area contributed by atoms with Gasteiger partial charge in [-0.2, -0.15) is 4.31 Å². The van der Waals surface area contributed by atoms with Crippen LogP contribution in [0.2, 0.25) is 0 Å². The van der Waals surface area contributed by atoms with E-state index in [0.29, 0.717) is 6.42 Å². The van der Waals surface area contributed by atoms with Gasteiger partial charge in [0.25, 0.3) is 0 Å². The first-order valence-electron chi connectivity index (χ1n) is 23.0. The zero-order valence-corrected chi connectivity index (χ0v) is 43.1. The van der Waals surface area contributed by atoms with Crippen LogP contribution in [0.3, 0.4) is 0 Å². The molecule has 1 fully saturated rings.